The Bertz CT molecular complexity index is 526. The number of hydrogen-bond acceptors (Lipinski definition) is 4. The molecule has 120 valence electrons. The van der Waals surface area contributed by atoms with Crippen LogP contribution in [0, 0.1) is 5.92 Å². The number of amides is 1. The van der Waals surface area contributed by atoms with E-state index in [1.807, 2.05) is 23.1 Å². The number of ether oxygens (including phenoxy) is 1. The lowest BCUT2D eigenvalue weighted by molar-refractivity contribution is -0.134. The predicted molar refractivity (Wildman–Crippen MR) is 83.9 cm³/mol. The second kappa shape index (κ2) is 6.67. The van der Waals surface area contributed by atoms with E-state index >= 15 is 0 Å². The third kappa shape index (κ3) is 3.10. The molecule has 2 aliphatic rings. The number of benzene rings is 1. The highest BCUT2D eigenvalue weighted by molar-refractivity contribution is 5.83. The van der Waals surface area contributed by atoms with Crippen molar-refractivity contribution in [3.8, 4) is 5.75 Å². The number of carbonyl (C=O) groups excluding carboxylic acids is 1. The number of nitrogens with zero attached hydrogens (tertiary/aromatic N) is 2. The van der Waals surface area contributed by atoms with E-state index in [-0.39, 0.29) is 18.4 Å². The van der Waals surface area contributed by atoms with E-state index in [0.717, 1.165) is 43.9 Å². The van der Waals surface area contributed by atoms with Crippen LogP contribution in [0.4, 0.5) is 0 Å². The molecule has 0 aromatic heterocycles. The number of rotatable bonds is 5. The highest BCUT2D eigenvalue weighted by Gasteiger charge is 2.47. The van der Waals surface area contributed by atoms with Gasteiger partial charge >= 0.3 is 0 Å². The fourth-order valence-electron chi connectivity index (χ4n) is 3.35. The highest BCUT2D eigenvalue weighted by Crippen LogP contribution is 2.51. The van der Waals surface area contributed by atoms with E-state index in [1.165, 1.54) is 0 Å². The molecule has 1 aromatic rings. The molecule has 1 heterocycles. The van der Waals surface area contributed by atoms with Crippen LogP contribution in [-0.2, 0) is 4.79 Å². The number of carbonyl (C=O) groups is 1. The topological polar surface area (TPSA) is 53.0 Å². The molecule has 0 radical (unpaired) electrons. The van der Waals surface area contributed by atoms with Crippen molar-refractivity contribution in [3.05, 3.63) is 29.8 Å². The summed E-state index contributed by atoms with van der Waals surface area (Å²) in [6.45, 7) is 4.15. The van der Waals surface area contributed by atoms with E-state index in [4.69, 9.17) is 9.84 Å². The normalized spacial score (nSPS) is 25.1. The molecule has 0 unspecified atom stereocenters. The molecule has 2 atom stereocenters. The van der Waals surface area contributed by atoms with Gasteiger partial charge in [-0.1, -0.05) is 18.2 Å². The lowest BCUT2D eigenvalue weighted by atomic mass is 10.1. The molecule has 1 aliphatic carbocycles. The van der Waals surface area contributed by atoms with Gasteiger partial charge in [0, 0.05) is 38.6 Å². The average Bonchev–Trinajstić information content (AvgIpc) is 3.35. The van der Waals surface area contributed by atoms with Crippen molar-refractivity contribution in [2.75, 3.05) is 46.4 Å². The number of piperazine rings is 1. The molecule has 5 nitrogen and oxygen atoms in total. The maximum Gasteiger partial charge on any atom is 0.226 e. The number of aliphatic hydroxyl groups is 1. The first-order valence-corrected chi connectivity index (χ1v) is 7.99. The molecule has 5 heteroatoms. The third-order valence-corrected chi connectivity index (χ3v) is 4.75. The summed E-state index contributed by atoms with van der Waals surface area (Å²) >= 11 is 0. The molecule has 1 N–H and O–H groups in total. The van der Waals surface area contributed by atoms with Crippen molar-refractivity contribution in [1.29, 1.82) is 0 Å². The Hall–Kier alpha value is -1.59. The highest BCUT2D eigenvalue weighted by atomic mass is 16.5. The summed E-state index contributed by atoms with van der Waals surface area (Å²) in [6, 6.07) is 7.99. The Morgan fingerprint density at radius 3 is 2.68 bits per heavy atom. The molecule has 1 saturated heterocycles. The standard InChI is InChI=1S/C17H24N2O3/c1-22-16-5-3-2-4-13(16)14-12-15(14)17(21)19-8-6-18(7-9-19)10-11-20/h2-5,14-15,20H,6-12H2,1H3/t14-,15-/m0/s1. The predicted octanol–water partition coefficient (Wildman–Crippen LogP) is 0.935. The maximum absolute atomic E-state index is 12.6. The zero-order valence-electron chi connectivity index (χ0n) is 13.1. The number of hydrogen-bond donors (Lipinski definition) is 1. The van der Waals surface area contributed by atoms with Crippen LogP contribution in [0.25, 0.3) is 0 Å². The van der Waals surface area contributed by atoms with Gasteiger partial charge in [0.15, 0.2) is 0 Å². The summed E-state index contributed by atoms with van der Waals surface area (Å²) in [5.74, 6) is 1.58. The van der Waals surface area contributed by atoms with Gasteiger partial charge < -0.3 is 14.7 Å². The summed E-state index contributed by atoms with van der Waals surface area (Å²) < 4.78 is 5.41. The van der Waals surface area contributed by atoms with Crippen LogP contribution in [0.3, 0.4) is 0 Å². The first-order chi connectivity index (χ1) is 10.7. The van der Waals surface area contributed by atoms with Crippen LogP contribution in [-0.4, -0.2) is 67.3 Å². The lowest BCUT2D eigenvalue weighted by Crippen LogP contribution is -2.49. The quantitative estimate of drug-likeness (QED) is 0.879. The van der Waals surface area contributed by atoms with Crippen molar-refractivity contribution in [2.45, 2.75) is 12.3 Å². The summed E-state index contributed by atoms with van der Waals surface area (Å²) in [6.07, 6.45) is 0.927. The van der Waals surface area contributed by atoms with E-state index in [0.29, 0.717) is 12.5 Å². The smallest absolute Gasteiger partial charge is 0.226 e. The molecule has 2 fully saturated rings. The Balaban J connectivity index is 1.57. The molecular formula is C17H24N2O3. The Labute approximate surface area is 131 Å². The van der Waals surface area contributed by atoms with Gasteiger partial charge in [-0.25, -0.2) is 0 Å². The molecule has 3 rings (SSSR count). The van der Waals surface area contributed by atoms with Gasteiger partial charge in [-0.3, -0.25) is 9.69 Å². The van der Waals surface area contributed by atoms with Crippen LogP contribution in [0.15, 0.2) is 24.3 Å². The van der Waals surface area contributed by atoms with Gasteiger partial charge in [-0.15, -0.1) is 0 Å². The van der Waals surface area contributed by atoms with Crippen LogP contribution in [0.2, 0.25) is 0 Å². The van der Waals surface area contributed by atoms with Gasteiger partial charge in [-0.05, 0) is 24.0 Å². The van der Waals surface area contributed by atoms with Gasteiger partial charge in [0.1, 0.15) is 5.75 Å². The number of methoxy groups -OCH3 is 1. The second-order valence-corrected chi connectivity index (χ2v) is 6.08. The summed E-state index contributed by atoms with van der Waals surface area (Å²) in [5.41, 5.74) is 1.15. The SMILES string of the molecule is COc1ccccc1[C@@H]1C[C@@H]1C(=O)N1CCN(CCO)CC1. The number of para-hydroxylation sites is 1. The van der Waals surface area contributed by atoms with Crippen LogP contribution >= 0.6 is 0 Å². The molecule has 0 spiro atoms. The van der Waals surface area contributed by atoms with Gasteiger partial charge in [0.05, 0.1) is 13.7 Å². The lowest BCUT2D eigenvalue weighted by Gasteiger charge is -2.34. The van der Waals surface area contributed by atoms with E-state index in [1.54, 1.807) is 7.11 Å². The fraction of sp³-hybridized carbons (Fsp3) is 0.588. The second-order valence-electron chi connectivity index (χ2n) is 6.08. The molecule has 1 amide bonds. The Kier molecular flexibility index (Phi) is 4.64. The van der Waals surface area contributed by atoms with Crippen LogP contribution in [0.1, 0.15) is 17.9 Å². The van der Waals surface area contributed by atoms with E-state index in [9.17, 15) is 4.79 Å². The number of aliphatic hydroxyl groups excluding tert-OH is 1. The first kappa shape index (κ1) is 15.3. The molecule has 1 saturated carbocycles. The van der Waals surface area contributed by atoms with Gasteiger partial charge in [0.25, 0.3) is 0 Å². The van der Waals surface area contributed by atoms with Gasteiger partial charge in [0.2, 0.25) is 5.91 Å². The Morgan fingerprint density at radius 2 is 2.00 bits per heavy atom. The minimum atomic E-state index is 0.112. The molecule has 1 aliphatic heterocycles. The van der Waals surface area contributed by atoms with Crippen molar-refractivity contribution in [2.24, 2.45) is 5.92 Å². The largest absolute Gasteiger partial charge is 0.496 e. The van der Waals surface area contributed by atoms with E-state index < -0.39 is 0 Å². The van der Waals surface area contributed by atoms with Gasteiger partial charge in [-0.2, -0.15) is 0 Å². The molecular weight excluding hydrogens is 280 g/mol. The zero-order valence-corrected chi connectivity index (χ0v) is 13.1. The van der Waals surface area contributed by atoms with Crippen LogP contribution in [0.5, 0.6) is 5.75 Å². The fourth-order valence-corrected chi connectivity index (χ4v) is 3.35. The molecule has 1 aromatic carbocycles. The monoisotopic (exact) mass is 304 g/mol. The zero-order chi connectivity index (χ0) is 15.5. The third-order valence-electron chi connectivity index (χ3n) is 4.75. The minimum Gasteiger partial charge on any atom is -0.496 e. The molecule has 22 heavy (non-hydrogen) atoms. The van der Waals surface area contributed by atoms with Crippen LogP contribution < -0.4 is 4.74 Å². The van der Waals surface area contributed by atoms with Crippen molar-refractivity contribution in [3.63, 3.8) is 0 Å². The van der Waals surface area contributed by atoms with Crippen molar-refractivity contribution >= 4 is 5.91 Å². The molecule has 0 bridgehead atoms. The number of β-amino-alcohol motifs (C(OH)–C–C–N with tert-alkyl or cyclic N) is 1. The minimum absolute atomic E-state index is 0.112. The summed E-state index contributed by atoms with van der Waals surface area (Å²) in [4.78, 5) is 16.8. The Morgan fingerprint density at radius 1 is 1.27 bits per heavy atom. The van der Waals surface area contributed by atoms with Crippen molar-refractivity contribution < 1.29 is 14.6 Å². The van der Waals surface area contributed by atoms with E-state index in [2.05, 4.69) is 11.0 Å². The maximum atomic E-state index is 12.6. The van der Waals surface area contributed by atoms with Crippen molar-refractivity contribution in [1.82, 2.24) is 9.80 Å². The summed E-state index contributed by atoms with van der Waals surface area (Å²) in [7, 11) is 1.68. The average molecular weight is 304 g/mol. The summed E-state index contributed by atoms with van der Waals surface area (Å²) in [5, 5.41) is 8.97. The first-order valence-electron chi connectivity index (χ1n) is 7.99.